The van der Waals surface area contributed by atoms with Crippen molar-refractivity contribution >= 4 is 0 Å². The summed E-state index contributed by atoms with van der Waals surface area (Å²) in [4.78, 5) is 0. The lowest BCUT2D eigenvalue weighted by Gasteiger charge is -2.21. The molecular formula is C17H26O3. The maximum absolute atomic E-state index is 6.18. The average Bonchev–Trinajstić information content (AvgIpc) is 2.94. The molecular weight excluding hydrogens is 252 g/mol. The predicted molar refractivity (Wildman–Crippen MR) is 80.8 cm³/mol. The van der Waals surface area contributed by atoms with Crippen LogP contribution in [0.15, 0.2) is 18.2 Å². The Morgan fingerprint density at radius 2 is 1.95 bits per heavy atom. The molecule has 3 atom stereocenters. The van der Waals surface area contributed by atoms with Gasteiger partial charge >= 0.3 is 0 Å². The molecule has 1 fully saturated rings. The first-order chi connectivity index (χ1) is 9.69. The second-order valence-electron chi connectivity index (χ2n) is 5.57. The Kier molecular flexibility index (Phi) is 5.30. The molecule has 0 aliphatic carbocycles. The lowest BCUT2D eigenvalue weighted by Crippen LogP contribution is -2.17. The Labute approximate surface area is 122 Å². The van der Waals surface area contributed by atoms with E-state index in [4.69, 9.17) is 14.2 Å². The van der Waals surface area contributed by atoms with Crippen LogP contribution in [0.3, 0.4) is 0 Å². The zero-order chi connectivity index (χ0) is 14.5. The number of benzene rings is 1. The van der Waals surface area contributed by atoms with Crippen molar-refractivity contribution in [1.29, 1.82) is 0 Å². The van der Waals surface area contributed by atoms with Crippen LogP contribution in [0.5, 0.6) is 11.5 Å². The molecule has 0 saturated carbocycles. The van der Waals surface area contributed by atoms with E-state index in [-0.39, 0.29) is 0 Å². The summed E-state index contributed by atoms with van der Waals surface area (Å²) in [6.45, 7) is 4.45. The van der Waals surface area contributed by atoms with Gasteiger partial charge in [-0.1, -0.05) is 26.3 Å². The van der Waals surface area contributed by atoms with E-state index in [1.807, 2.05) is 6.07 Å². The molecule has 0 radical (unpaired) electrons. The molecule has 1 heterocycles. The first kappa shape index (κ1) is 15.2. The van der Waals surface area contributed by atoms with Gasteiger partial charge in [-0.05, 0) is 37.0 Å². The maximum atomic E-state index is 6.18. The topological polar surface area (TPSA) is 27.7 Å². The fourth-order valence-corrected chi connectivity index (χ4v) is 2.99. The van der Waals surface area contributed by atoms with E-state index in [9.17, 15) is 0 Å². The van der Waals surface area contributed by atoms with Crippen molar-refractivity contribution in [1.82, 2.24) is 0 Å². The molecule has 0 N–H and O–H groups in total. The summed E-state index contributed by atoms with van der Waals surface area (Å²) >= 11 is 0. The van der Waals surface area contributed by atoms with Crippen LogP contribution in [0.25, 0.3) is 0 Å². The average molecular weight is 278 g/mol. The zero-order valence-corrected chi connectivity index (χ0v) is 13.0. The second-order valence-corrected chi connectivity index (χ2v) is 5.57. The Hall–Kier alpha value is -1.22. The van der Waals surface area contributed by atoms with Gasteiger partial charge in [-0.25, -0.2) is 0 Å². The van der Waals surface area contributed by atoms with Crippen molar-refractivity contribution in [2.75, 3.05) is 14.2 Å². The van der Waals surface area contributed by atoms with Crippen molar-refractivity contribution in [3.63, 3.8) is 0 Å². The Morgan fingerprint density at radius 1 is 1.20 bits per heavy atom. The highest BCUT2D eigenvalue weighted by Crippen LogP contribution is 2.36. The summed E-state index contributed by atoms with van der Waals surface area (Å²) in [5, 5.41) is 0. The molecule has 112 valence electrons. The molecule has 2 rings (SSSR count). The molecule has 3 nitrogen and oxygen atoms in total. The number of hydrogen-bond donors (Lipinski definition) is 0. The van der Waals surface area contributed by atoms with Crippen LogP contribution in [-0.4, -0.2) is 26.4 Å². The van der Waals surface area contributed by atoms with Crippen LogP contribution in [0.4, 0.5) is 0 Å². The van der Waals surface area contributed by atoms with Crippen LogP contribution in [0.2, 0.25) is 0 Å². The first-order valence-corrected chi connectivity index (χ1v) is 7.57. The van der Waals surface area contributed by atoms with Gasteiger partial charge < -0.3 is 14.2 Å². The lowest BCUT2D eigenvalue weighted by molar-refractivity contribution is 0.0281. The van der Waals surface area contributed by atoms with E-state index >= 15 is 0 Å². The molecule has 1 aliphatic heterocycles. The van der Waals surface area contributed by atoms with Gasteiger partial charge in [0.15, 0.2) is 11.5 Å². The van der Waals surface area contributed by atoms with Crippen molar-refractivity contribution in [3.05, 3.63) is 23.8 Å². The van der Waals surface area contributed by atoms with Crippen molar-refractivity contribution in [2.45, 2.75) is 57.7 Å². The number of rotatable bonds is 6. The Morgan fingerprint density at radius 3 is 2.60 bits per heavy atom. The summed E-state index contributed by atoms with van der Waals surface area (Å²) in [7, 11) is 3.34. The number of ether oxygens (including phenoxy) is 3. The Balaban J connectivity index is 2.07. The minimum absolute atomic E-state index is 0.324. The minimum atomic E-state index is 0.324. The lowest BCUT2D eigenvalue weighted by atomic mass is 9.93. The van der Waals surface area contributed by atoms with E-state index in [0.29, 0.717) is 18.1 Å². The van der Waals surface area contributed by atoms with Crippen LogP contribution < -0.4 is 9.47 Å². The molecule has 20 heavy (non-hydrogen) atoms. The summed E-state index contributed by atoms with van der Waals surface area (Å²) < 4.78 is 16.8. The van der Waals surface area contributed by atoms with Gasteiger partial charge in [0.2, 0.25) is 0 Å². The normalized spacial score (nSPS) is 23.6. The monoisotopic (exact) mass is 278 g/mol. The molecule has 1 saturated heterocycles. The highest BCUT2D eigenvalue weighted by atomic mass is 16.5. The third kappa shape index (κ3) is 3.26. The third-order valence-corrected chi connectivity index (χ3v) is 4.24. The third-order valence-electron chi connectivity index (χ3n) is 4.24. The summed E-state index contributed by atoms with van der Waals surface area (Å²) in [6, 6.07) is 6.16. The zero-order valence-electron chi connectivity index (χ0n) is 13.0. The second kappa shape index (κ2) is 6.98. The van der Waals surface area contributed by atoms with Gasteiger partial charge in [-0.15, -0.1) is 0 Å². The highest BCUT2D eigenvalue weighted by molar-refractivity contribution is 5.44. The van der Waals surface area contributed by atoms with E-state index in [0.717, 1.165) is 17.9 Å². The molecule has 3 heteroatoms. The molecule has 0 spiro atoms. The number of hydrogen-bond acceptors (Lipinski definition) is 3. The van der Waals surface area contributed by atoms with Crippen LogP contribution in [-0.2, 0) is 4.74 Å². The first-order valence-electron chi connectivity index (χ1n) is 7.57. The van der Waals surface area contributed by atoms with Crippen LogP contribution in [0.1, 0.15) is 51.0 Å². The summed E-state index contributed by atoms with van der Waals surface area (Å²) in [5.74, 6) is 1.95. The smallest absolute Gasteiger partial charge is 0.160 e. The fourth-order valence-electron chi connectivity index (χ4n) is 2.99. The van der Waals surface area contributed by atoms with Gasteiger partial charge in [-0.2, -0.15) is 0 Å². The van der Waals surface area contributed by atoms with E-state index in [1.165, 1.54) is 24.8 Å². The molecule has 1 aliphatic rings. The van der Waals surface area contributed by atoms with Crippen LogP contribution >= 0.6 is 0 Å². The SMILES string of the molecule is CCC[C@@H]1CC[C@H]([C@@H](C)c2ccc(OC)c(OC)c2)O1. The van der Waals surface area contributed by atoms with Crippen molar-refractivity contribution in [2.24, 2.45) is 0 Å². The summed E-state index contributed by atoms with van der Waals surface area (Å²) in [6.07, 6.45) is 5.49. The molecule has 0 amide bonds. The largest absolute Gasteiger partial charge is 0.493 e. The summed E-state index contributed by atoms with van der Waals surface area (Å²) in [5.41, 5.74) is 1.25. The van der Waals surface area contributed by atoms with Gasteiger partial charge in [0.05, 0.1) is 26.4 Å². The Bertz CT molecular complexity index is 430. The van der Waals surface area contributed by atoms with E-state index < -0.39 is 0 Å². The fraction of sp³-hybridized carbons (Fsp3) is 0.647. The van der Waals surface area contributed by atoms with E-state index in [1.54, 1.807) is 14.2 Å². The number of methoxy groups -OCH3 is 2. The molecule has 1 aromatic rings. The van der Waals surface area contributed by atoms with Gasteiger partial charge in [0.1, 0.15) is 0 Å². The van der Waals surface area contributed by atoms with Crippen molar-refractivity contribution < 1.29 is 14.2 Å². The van der Waals surface area contributed by atoms with Gasteiger partial charge in [-0.3, -0.25) is 0 Å². The molecule has 0 aromatic heterocycles. The van der Waals surface area contributed by atoms with Gasteiger partial charge in [0, 0.05) is 5.92 Å². The van der Waals surface area contributed by atoms with Gasteiger partial charge in [0.25, 0.3) is 0 Å². The predicted octanol–water partition coefficient (Wildman–Crippen LogP) is 4.16. The quantitative estimate of drug-likeness (QED) is 0.782. The molecule has 1 aromatic carbocycles. The molecule has 0 unspecified atom stereocenters. The highest BCUT2D eigenvalue weighted by Gasteiger charge is 2.29. The van der Waals surface area contributed by atoms with E-state index in [2.05, 4.69) is 26.0 Å². The molecule has 0 bridgehead atoms. The standard InChI is InChI=1S/C17H26O3/c1-5-6-14-8-10-15(20-14)12(2)13-7-9-16(18-3)17(11-13)19-4/h7,9,11-12,14-15H,5-6,8,10H2,1-4H3/t12-,14+,15+/m0/s1. The maximum Gasteiger partial charge on any atom is 0.160 e. The van der Waals surface area contributed by atoms with Crippen LogP contribution in [0, 0.1) is 0 Å². The van der Waals surface area contributed by atoms with Crippen molar-refractivity contribution in [3.8, 4) is 11.5 Å². The minimum Gasteiger partial charge on any atom is -0.493 e.